The lowest BCUT2D eigenvalue weighted by Gasteiger charge is -2.28. The minimum atomic E-state index is -0.916. The van der Waals surface area contributed by atoms with Crippen LogP contribution in [0.2, 0.25) is 0 Å². The van der Waals surface area contributed by atoms with E-state index in [2.05, 4.69) is 15.6 Å². The summed E-state index contributed by atoms with van der Waals surface area (Å²) in [6.45, 7) is 3.09. The molecular weight excluding hydrogens is 436 g/mol. The lowest BCUT2D eigenvalue weighted by Crippen LogP contribution is -2.47. The highest BCUT2D eigenvalue weighted by Gasteiger charge is 2.28. The van der Waals surface area contributed by atoms with Crippen LogP contribution in [0.3, 0.4) is 0 Å². The first-order valence-electron chi connectivity index (χ1n) is 11.0. The Balaban J connectivity index is 1.63. The minimum Gasteiger partial charge on any atom is -0.494 e. The van der Waals surface area contributed by atoms with Gasteiger partial charge in [-0.05, 0) is 54.8 Å². The maximum absolute atomic E-state index is 12.5. The lowest BCUT2D eigenvalue weighted by atomic mass is 9.83. The van der Waals surface area contributed by atoms with Crippen LogP contribution < -0.4 is 16.4 Å². The molecule has 1 aliphatic rings. The van der Waals surface area contributed by atoms with Crippen LogP contribution in [-0.2, 0) is 9.59 Å². The monoisotopic (exact) mass is 464 g/mol. The van der Waals surface area contributed by atoms with E-state index in [1.54, 1.807) is 49.4 Å². The number of aromatic nitrogens is 1. The zero-order chi connectivity index (χ0) is 24.6. The average Bonchev–Trinajstić information content (AvgIpc) is 3.11. The molecule has 178 valence electrons. The van der Waals surface area contributed by atoms with E-state index >= 15 is 0 Å². The van der Waals surface area contributed by atoms with Crippen molar-refractivity contribution >= 4 is 34.5 Å². The van der Waals surface area contributed by atoms with Crippen LogP contribution in [0.5, 0.6) is 5.88 Å². The van der Waals surface area contributed by atoms with Gasteiger partial charge in [0.2, 0.25) is 11.8 Å². The van der Waals surface area contributed by atoms with Gasteiger partial charge in [0, 0.05) is 28.6 Å². The van der Waals surface area contributed by atoms with Crippen LogP contribution in [0.25, 0.3) is 17.0 Å². The first kappa shape index (κ1) is 23.5. The maximum atomic E-state index is 12.5. The summed E-state index contributed by atoms with van der Waals surface area (Å²) in [5.74, 6) is -0.947. The van der Waals surface area contributed by atoms with Crippen LogP contribution in [0, 0.1) is 0 Å². The van der Waals surface area contributed by atoms with Crippen LogP contribution in [0.1, 0.15) is 49.2 Å². The summed E-state index contributed by atoms with van der Waals surface area (Å²) in [6, 6.07) is 10.7. The molecule has 0 radical (unpaired) electrons. The molecule has 4 atom stereocenters. The molecule has 0 saturated heterocycles. The van der Waals surface area contributed by atoms with E-state index in [1.165, 1.54) is 6.92 Å². The first-order chi connectivity index (χ1) is 16.2. The number of carbonyl (C=O) groups excluding carboxylic acids is 2. The summed E-state index contributed by atoms with van der Waals surface area (Å²) in [4.78, 5) is 27.2. The van der Waals surface area contributed by atoms with E-state index in [4.69, 9.17) is 5.73 Å². The Labute approximate surface area is 196 Å². The van der Waals surface area contributed by atoms with Gasteiger partial charge in [0.05, 0.1) is 12.1 Å². The number of carbonyl (C=O) groups is 2. The number of H-pyrrole nitrogens is 1. The third-order valence-electron chi connectivity index (χ3n) is 6.01. The van der Waals surface area contributed by atoms with E-state index in [-0.39, 0.29) is 12.3 Å². The number of rotatable bonds is 5. The summed E-state index contributed by atoms with van der Waals surface area (Å²) >= 11 is 0. The minimum absolute atomic E-state index is 0.0934. The van der Waals surface area contributed by atoms with Crippen LogP contribution in [-0.4, -0.2) is 44.2 Å². The molecule has 0 bridgehead atoms. The molecule has 1 heterocycles. The zero-order valence-electron chi connectivity index (χ0n) is 18.9. The molecule has 4 rings (SSSR count). The van der Waals surface area contributed by atoms with Gasteiger partial charge in [-0.15, -0.1) is 0 Å². The fraction of sp³-hybridized carbons (Fsp3) is 0.280. The van der Waals surface area contributed by atoms with Crippen LogP contribution in [0.15, 0.2) is 48.0 Å². The van der Waals surface area contributed by atoms with Gasteiger partial charge in [0.25, 0.3) is 0 Å². The summed E-state index contributed by atoms with van der Waals surface area (Å²) in [7, 11) is 0. The molecule has 0 aliphatic heterocycles. The molecule has 0 saturated carbocycles. The quantitative estimate of drug-likeness (QED) is 0.306. The van der Waals surface area contributed by atoms with E-state index < -0.39 is 36.1 Å². The van der Waals surface area contributed by atoms with Gasteiger partial charge >= 0.3 is 0 Å². The molecule has 34 heavy (non-hydrogen) atoms. The van der Waals surface area contributed by atoms with Crippen molar-refractivity contribution in [3.8, 4) is 5.88 Å². The number of hydrogen-bond donors (Lipinski definition) is 7. The molecule has 3 aromatic rings. The van der Waals surface area contributed by atoms with Gasteiger partial charge in [0.1, 0.15) is 12.1 Å². The molecule has 0 spiro atoms. The number of aromatic amines is 1. The summed E-state index contributed by atoms with van der Waals surface area (Å²) < 4.78 is 0. The molecule has 1 aliphatic carbocycles. The lowest BCUT2D eigenvalue weighted by molar-refractivity contribution is -0.126. The second-order valence-electron chi connectivity index (χ2n) is 8.63. The predicted octanol–water partition coefficient (Wildman–Crippen LogP) is 2.22. The molecule has 9 nitrogen and oxygen atoms in total. The molecular formula is C25H28N4O5. The number of anilines is 1. The van der Waals surface area contributed by atoms with E-state index in [1.807, 2.05) is 6.07 Å². The number of fused-ring (bicyclic) bond motifs is 2. The Kier molecular flexibility index (Phi) is 6.43. The number of aliphatic hydroxyl groups excluding tert-OH is 2. The Hall–Kier alpha value is -3.66. The van der Waals surface area contributed by atoms with Crippen molar-refractivity contribution in [1.29, 1.82) is 0 Å². The highest BCUT2D eigenvalue weighted by molar-refractivity contribution is 6.00. The fourth-order valence-corrected chi connectivity index (χ4v) is 4.11. The van der Waals surface area contributed by atoms with Gasteiger partial charge < -0.3 is 36.7 Å². The van der Waals surface area contributed by atoms with Crippen molar-refractivity contribution in [3.05, 3.63) is 64.7 Å². The number of amides is 2. The van der Waals surface area contributed by atoms with Gasteiger partial charge in [-0.1, -0.05) is 24.3 Å². The number of hydrogen-bond acceptors (Lipinski definition) is 6. The Morgan fingerprint density at radius 3 is 2.53 bits per heavy atom. The van der Waals surface area contributed by atoms with Crippen LogP contribution >= 0.6 is 0 Å². The average molecular weight is 465 g/mol. The number of aromatic hydroxyl groups is 1. The Morgan fingerprint density at radius 1 is 1.12 bits per heavy atom. The van der Waals surface area contributed by atoms with E-state index in [0.717, 1.165) is 0 Å². The van der Waals surface area contributed by atoms with Crippen molar-refractivity contribution < 1.29 is 24.9 Å². The Morgan fingerprint density at radius 2 is 1.82 bits per heavy atom. The van der Waals surface area contributed by atoms with E-state index in [9.17, 15) is 24.9 Å². The predicted molar refractivity (Wildman–Crippen MR) is 129 cm³/mol. The molecule has 2 amide bonds. The van der Waals surface area contributed by atoms with Crippen LogP contribution in [0.4, 0.5) is 5.69 Å². The summed E-state index contributed by atoms with van der Waals surface area (Å²) in [5, 5.41) is 37.9. The van der Waals surface area contributed by atoms with Gasteiger partial charge in [0.15, 0.2) is 5.88 Å². The largest absolute Gasteiger partial charge is 0.494 e. The van der Waals surface area contributed by atoms with Crippen molar-refractivity contribution in [2.24, 2.45) is 5.73 Å². The molecule has 2 unspecified atom stereocenters. The number of benzene rings is 2. The second kappa shape index (κ2) is 9.30. The second-order valence-corrected chi connectivity index (χ2v) is 8.63. The molecule has 2 aromatic carbocycles. The fourth-order valence-electron chi connectivity index (χ4n) is 4.11. The third-order valence-corrected chi connectivity index (χ3v) is 6.01. The third kappa shape index (κ3) is 4.54. The van der Waals surface area contributed by atoms with Gasteiger partial charge in [-0.25, -0.2) is 0 Å². The normalized spacial score (nSPS) is 20.6. The van der Waals surface area contributed by atoms with Crippen molar-refractivity contribution in [2.75, 3.05) is 5.32 Å². The SMILES string of the molecule is C[C@H](N)C(=O)N[C@@H](C)C(=O)Nc1ccc2[nH]c(O)c(C=C3CC(O)c4ccccc4C3O)c2c1. The number of aliphatic hydroxyl groups is 2. The van der Waals surface area contributed by atoms with Gasteiger partial charge in [-0.3, -0.25) is 9.59 Å². The summed E-state index contributed by atoms with van der Waals surface area (Å²) in [6.07, 6.45) is 0.203. The van der Waals surface area contributed by atoms with Crippen molar-refractivity contribution in [3.63, 3.8) is 0 Å². The zero-order valence-corrected chi connectivity index (χ0v) is 18.9. The molecule has 8 N–H and O–H groups in total. The van der Waals surface area contributed by atoms with Gasteiger partial charge in [-0.2, -0.15) is 0 Å². The number of nitrogens with one attached hydrogen (secondary N) is 3. The Bertz CT molecular complexity index is 1280. The van der Waals surface area contributed by atoms with E-state index in [0.29, 0.717) is 38.9 Å². The topological polar surface area (TPSA) is 161 Å². The van der Waals surface area contributed by atoms with Crippen molar-refractivity contribution in [2.45, 2.75) is 44.6 Å². The van der Waals surface area contributed by atoms with Crippen molar-refractivity contribution in [1.82, 2.24) is 10.3 Å². The smallest absolute Gasteiger partial charge is 0.246 e. The highest BCUT2D eigenvalue weighted by Crippen LogP contribution is 2.42. The standard InChI is InChI=1S/C25H28N4O5/c1-12(26)23(32)27-13(2)24(33)28-15-7-8-20-18(11-15)19(25(34)29-20)9-14-10-21(30)16-5-3-4-6-17(16)22(14)31/h3-9,11-13,21-22,29-31,34H,10,26H2,1-2H3,(H,27,32)(H,28,33)/t12-,13-,21?,22?/m0/s1. The highest BCUT2D eigenvalue weighted by atomic mass is 16.3. The maximum Gasteiger partial charge on any atom is 0.246 e. The molecule has 0 fully saturated rings. The first-order valence-corrected chi connectivity index (χ1v) is 11.0. The molecule has 1 aromatic heterocycles. The summed E-state index contributed by atoms with van der Waals surface area (Å²) in [5.41, 5.74) is 8.93. The molecule has 9 heteroatoms. The number of nitrogens with two attached hydrogens (primary N) is 1.